The molecule has 7 heteroatoms. The summed E-state index contributed by atoms with van der Waals surface area (Å²) in [5, 5.41) is 6.85. The maximum absolute atomic E-state index is 6.24. The average Bonchev–Trinajstić information content (AvgIpc) is 3.06. The zero-order valence-corrected chi connectivity index (χ0v) is 14.2. The van der Waals surface area contributed by atoms with E-state index in [1.165, 1.54) is 0 Å². The molecule has 0 spiro atoms. The van der Waals surface area contributed by atoms with Crippen molar-refractivity contribution in [3.05, 3.63) is 65.6 Å². The van der Waals surface area contributed by atoms with Crippen molar-refractivity contribution in [2.75, 3.05) is 10.6 Å². The van der Waals surface area contributed by atoms with E-state index in [1.807, 2.05) is 49.4 Å². The fraction of sp³-hybridized carbons (Fsp3) is 0.0556. The van der Waals surface area contributed by atoms with E-state index < -0.39 is 0 Å². The van der Waals surface area contributed by atoms with Gasteiger partial charge in [0, 0.05) is 11.4 Å². The van der Waals surface area contributed by atoms with Crippen molar-refractivity contribution in [2.24, 2.45) is 0 Å². The van der Waals surface area contributed by atoms with Gasteiger partial charge in [-0.25, -0.2) is 9.97 Å². The van der Waals surface area contributed by atoms with Gasteiger partial charge < -0.3 is 15.6 Å². The molecule has 2 aromatic heterocycles. The van der Waals surface area contributed by atoms with Gasteiger partial charge in [0.25, 0.3) is 0 Å². The summed E-state index contributed by atoms with van der Waals surface area (Å²) in [6.07, 6.45) is 3.24. The van der Waals surface area contributed by atoms with Gasteiger partial charge in [0.15, 0.2) is 5.82 Å². The highest BCUT2D eigenvalue weighted by molar-refractivity contribution is 6.32. The van der Waals surface area contributed by atoms with Crippen molar-refractivity contribution >= 4 is 45.8 Å². The number of nitrogens with one attached hydrogen (secondary N) is 3. The third-order valence-corrected chi connectivity index (χ3v) is 3.98. The van der Waals surface area contributed by atoms with Crippen LogP contribution in [-0.4, -0.2) is 19.9 Å². The van der Waals surface area contributed by atoms with Crippen molar-refractivity contribution in [3.8, 4) is 0 Å². The minimum absolute atomic E-state index is 0.444. The Balaban J connectivity index is 1.60. The van der Waals surface area contributed by atoms with Gasteiger partial charge in [-0.15, -0.1) is 0 Å². The van der Waals surface area contributed by atoms with E-state index in [2.05, 4.69) is 30.6 Å². The first-order valence-corrected chi connectivity index (χ1v) is 8.11. The van der Waals surface area contributed by atoms with Crippen LogP contribution in [0.3, 0.4) is 0 Å². The van der Waals surface area contributed by atoms with Crippen molar-refractivity contribution in [2.45, 2.75) is 6.92 Å². The third-order valence-electron chi connectivity index (χ3n) is 3.70. The molecule has 4 rings (SSSR count). The predicted octanol–water partition coefficient (Wildman–Crippen LogP) is 4.80. The molecular weight excluding hydrogens is 336 g/mol. The van der Waals surface area contributed by atoms with Crippen LogP contribution >= 0.6 is 11.6 Å². The van der Waals surface area contributed by atoms with Crippen molar-refractivity contribution < 1.29 is 0 Å². The number of hydrogen-bond donors (Lipinski definition) is 3. The molecule has 6 nitrogen and oxygen atoms in total. The SMILES string of the molecule is Cc1cccc(Nc2ncc(Cl)c(Nc3ccc4nc[nH]c4c3)n2)c1. The second-order valence-electron chi connectivity index (χ2n) is 5.64. The van der Waals surface area contributed by atoms with Crippen molar-refractivity contribution in [1.82, 2.24) is 19.9 Å². The highest BCUT2D eigenvalue weighted by Gasteiger charge is 2.07. The Labute approximate surface area is 149 Å². The van der Waals surface area contributed by atoms with Crippen LogP contribution in [0.2, 0.25) is 5.02 Å². The smallest absolute Gasteiger partial charge is 0.229 e. The third kappa shape index (κ3) is 3.39. The molecule has 0 amide bonds. The molecule has 4 aromatic rings. The molecule has 0 aliphatic heterocycles. The molecule has 2 heterocycles. The number of hydrogen-bond acceptors (Lipinski definition) is 5. The molecule has 0 atom stereocenters. The monoisotopic (exact) mass is 350 g/mol. The molecule has 0 radical (unpaired) electrons. The molecule has 25 heavy (non-hydrogen) atoms. The van der Waals surface area contributed by atoms with E-state index >= 15 is 0 Å². The first-order chi connectivity index (χ1) is 12.2. The first kappa shape index (κ1) is 15.4. The molecule has 0 saturated heterocycles. The van der Waals surface area contributed by atoms with E-state index in [-0.39, 0.29) is 0 Å². The second-order valence-corrected chi connectivity index (χ2v) is 6.05. The van der Waals surface area contributed by atoms with Gasteiger partial charge >= 0.3 is 0 Å². The van der Waals surface area contributed by atoms with Gasteiger partial charge in [0.2, 0.25) is 5.95 Å². The Morgan fingerprint density at radius 1 is 1.00 bits per heavy atom. The van der Waals surface area contributed by atoms with E-state index in [1.54, 1.807) is 12.5 Å². The predicted molar refractivity (Wildman–Crippen MR) is 101 cm³/mol. The highest BCUT2D eigenvalue weighted by atomic mass is 35.5. The zero-order chi connectivity index (χ0) is 17.2. The molecule has 3 N–H and O–H groups in total. The van der Waals surface area contributed by atoms with Gasteiger partial charge in [-0.2, -0.15) is 4.98 Å². The standard InChI is InChI=1S/C18H15ClN6/c1-11-3-2-4-12(7-11)24-18-20-9-14(19)17(25-18)23-13-5-6-15-16(8-13)22-10-21-15/h2-10H,1H3,(H,21,22)(H2,20,23,24,25). The van der Waals surface area contributed by atoms with Crippen LogP contribution in [0.1, 0.15) is 5.56 Å². The van der Waals surface area contributed by atoms with E-state index in [0.717, 1.165) is 28.0 Å². The van der Waals surface area contributed by atoms with Crippen LogP contribution in [-0.2, 0) is 0 Å². The zero-order valence-electron chi connectivity index (χ0n) is 13.4. The number of rotatable bonds is 4. The number of H-pyrrole nitrogens is 1. The fourth-order valence-electron chi connectivity index (χ4n) is 2.52. The lowest BCUT2D eigenvalue weighted by Gasteiger charge is -2.10. The molecule has 124 valence electrons. The molecule has 0 bridgehead atoms. The van der Waals surface area contributed by atoms with Crippen LogP contribution in [0.25, 0.3) is 11.0 Å². The Morgan fingerprint density at radius 2 is 1.88 bits per heavy atom. The first-order valence-electron chi connectivity index (χ1n) is 7.74. The van der Waals surface area contributed by atoms with Crippen LogP contribution in [0.15, 0.2) is 55.0 Å². The summed E-state index contributed by atoms with van der Waals surface area (Å²) in [5.41, 5.74) is 4.78. The number of fused-ring (bicyclic) bond motifs is 1. The number of imidazole rings is 1. The van der Waals surface area contributed by atoms with Gasteiger partial charge in [-0.3, -0.25) is 0 Å². The Morgan fingerprint density at radius 3 is 2.76 bits per heavy atom. The van der Waals surface area contributed by atoms with E-state index in [0.29, 0.717) is 16.8 Å². The van der Waals surface area contributed by atoms with Crippen molar-refractivity contribution in [1.29, 1.82) is 0 Å². The lowest BCUT2D eigenvalue weighted by atomic mass is 10.2. The lowest BCUT2D eigenvalue weighted by molar-refractivity contribution is 1.16. The lowest BCUT2D eigenvalue weighted by Crippen LogP contribution is -2.01. The van der Waals surface area contributed by atoms with Gasteiger partial charge in [0.1, 0.15) is 5.02 Å². The summed E-state index contributed by atoms with van der Waals surface area (Å²) in [7, 11) is 0. The molecule has 0 fully saturated rings. The quantitative estimate of drug-likeness (QED) is 0.492. The Kier molecular flexibility index (Phi) is 3.95. The van der Waals surface area contributed by atoms with Crippen molar-refractivity contribution in [3.63, 3.8) is 0 Å². The Hall–Kier alpha value is -3.12. The largest absolute Gasteiger partial charge is 0.345 e. The maximum Gasteiger partial charge on any atom is 0.229 e. The fourth-order valence-corrected chi connectivity index (χ4v) is 2.66. The van der Waals surface area contributed by atoms with Gasteiger partial charge in [-0.1, -0.05) is 23.7 Å². The maximum atomic E-state index is 6.24. The summed E-state index contributed by atoms with van der Waals surface area (Å²) in [6, 6.07) is 13.8. The van der Waals surface area contributed by atoms with Gasteiger partial charge in [0.05, 0.1) is 23.6 Å². The number of aromatic amines is 1. The molecule has 0 unspecified atom stereocenters. The Bertz CT molecular complexity index is 1040. The minimum atomic E-state index is 0.444. The number of nitrogens with zero attached hydrogens (tertiary/aromatic N) is 3. The normalized spacial score (nSPS) is 10.8. The van der Waals surface area contributed by atoms with E-state index in [4.69, 9.17) is 11.6 Å². The molecule has 2 aromatic carbocycles. The highest BCUT2D eigenvalue weighted by Crippen LogP contribution is 2.26. The summed E-state index contributed by atoms with van der Waals surface area (Å²) in [5.74, 6) is 1.01. The number of halogens is 1. The topological polar surface area (TPSA) is 78.5 Å². The number of aromatic nitrogens is 4. The summed E-state index contributed by atoms with van der Waals surface area (Å²) >= 11 is 6.24. The number of anilines is 4. The molecule has 0 aliphatic carbocycles. The number of benzene rings is 2. The second kappa shape index (κ2) is 6.41. The minimum Gasteiger partial charge on any atom is -0.345 e. The van der Waals surface area contributed by atoms with Gasteiger partial charge in [-0.05, 0) is 42.8 Å². The van der Waals surface area contributed by atoms with Crippen LogP contribution < -0.4 is 10.6 Å². The van der Waals surface area contributed by atoms with Crippen LogP contribution in [0, 0.1) is 6.92 Å². The summed E-state index contributed by atoms with van der Waals surface area (Å²) in [6.45, 7) is 2.03. The molecule has 0 aliphatic rings. The van der Waals surface area contributed by atoms with Crippen LogP contribution in [0.4, 0.5) is 23.1 Å². The summed E-state index contributed by atoms with van der Waals surface area (Å²) in [4.78, 5) is 16.0. The van der Waals surface area contributed by atoms with Crippen LogP contribution in [0.5, 0.6) is 0 Å². The molecule has 0 saturated carbocycles. The van der Waals surface area contributed by atoms with E-state index in [9.17, 15) is 0 Å². The summed E-state index contributed by atoms with van der Waals surface area (Å²) < 4.78 is 0. The molecular formula is C18H15ClN6. The average molecular weight is 351 g/mol. The number of aryl methyl sites for hydroxylation is 1.